The summed E-state index contributed by atoms with van der Waals surface area (Å²) in [5, 5.41) is 18.3. The summed E-state index contributed by atoms with van der Waals surface area (Å²) in [5.74, 6) is 0.646. The number of aryl methyl sites for hydroxylation is 1. The number of carbonyl (C=O) groups is 1. The van der Waals surface area contributed by atoms with Crippen LogP contribution in [-0.4, -0.2) is 49.9 Å². The average molecular weight is 390 g/mol. The number of piperidine rings is 1. The molecule has 0 aromatic carbocycles. The summed E-state index contributed by atoms with van der Waals surface area (Å²) in [4.78, 5) is 13.5. The number of amides is 1. The number of pyridine rings is 1. The Morgan fingerprint density at radius 3 is 2.79 bits per heavy atom. The van der Waals surface area contributed by atoms with E-state index in [0.717, 1.165) is 24.0 Å². The lowest BCUT2D eigenvalue weighted by molar-refractivity contribution is -0.127. The Morgan fingerprint density at radius 1 is 1.34 bits per heavy atom. The molecule has 0 saturated carbocycles. The van der Waals surface area contributed by atoms with Crippen LogP contribution in [0.5, 0.6) is 5.88 Å². The smallest absolute Gasteiger partial charge is 0.252 e. The van der Waals surface area contributed by atoms with Gasteiger partial charge in [0.2, 0.25) is 5.91 Å². The molecule has 1 aliphatic heterocycles. The molecule has 3 aromatic heterocycles. The minimum absolute atomic E-state index is 0.0269. The highest BCUT2D eigenvalue weighted by Gasteiger charge is 2.23. The normalized spacial score (nSPS) is 14.7. The van der Waals surface area contributed by atoms with Gasteiger partial charge in [-0.15, -0.1) is 5.10 Å². The van der Waals surface area contributed by atoms with Crippen LogP contribution >= 0.6 is 0 Å². The second kappa shape index (κ2) is 7.80. The SMILES string of the molecule is C=CC(=O)N1CCC(COc2nn3cc(-c4cnn(C)c4)ccc3c2C#N)CC1. The van der Waals surface area contributed by atoms with Gasteiger partial charge in [0.1, 0.15) is 11.6 Å². The van der Waals surface area contributed by atoms with Crippen molar-refractivity contribution in [1.82, 2.24) is 24.3 Å². The van der Waals surface area contributed by atoms with Gasteiger partial charge in [0.05, 0.1) is 18.3 Å². The summed E-state index contributed by atoms with van der Waals surface area (Å²) < 4.78 is 9.35. The molecule has 0 unspecified atom stereocenters. The van der Waals surface area contributed by atoms with E-state index >= 15 is 0 Å². The minimum Gasteiger partial charge on any atom is -0.475 e. The highest BCUT2D eigenvalue weighted by molar-refractivity contribution is 5.87. The predicted octanol–water partition coefficient (Wildman–Crippen LogP) is 2.41. The van der Waals surface area contributed by atoms with E-state index in [2.05, 4.69) is 22.8 Å². The molecule has 8 heteroatoms. The van der Waals surface area contributed by atoms with Gasteiger partial charge < -0.3 is 9.64 Å². The number of nitriles is 1. The fourth-order valence-electron chi connectivity index (χ4n) is 3.62. The topological polar surface area (TPSA) is 88.4 Å². The fourth-order valence-corrected chi connectivity index (χ4v) is 3.62. The second-order valence-corrected chi connectivity index (χ2v) is 7.23. The molecular weight excluding hydrogens is 368 g/mol. The third-order valence-electron chi connectivity index (χ3n) is 5.30. The van der Waals surface area contributed by atoms with Crippen molar-refractivity contribution in [2.75, 3.05) is 19.7 Å². The lowest BCUT2D eigenvalue weighted by Crippen LogP contribution is -2.38. The van der Waals surface area contributed by atoms with Gasteiger partial charge in [0, 0.05) is 43.7 Å². The number of nitrogens with zero attached hydrogens (tertiary/aromatic N) is 6. The molecule has 0 spiro atoms. The molecule has 0 radical (unpaired) electrons. The van der Waals surface area contributed by atoms with Crippen molar-refractivity contribution in [2.24, 2.45) is 13.0 Å². The van der Waals surface area contributed by atoms with Crippen molar-refractivity contribution < 1.29 is 9.53 Å². The van der Waals surface area contributed by atoms with Crippen LogP contribution in [0.15, 0.2) is 43.4 Å². The number of likely N-dealkylation sites (tertiary alicyclic amines) is 1. The molecule has 4 heterocycles. The Hall–Kier alpha value is -3.60. The summed E-state index contributed by atoms with van der Waals surface area (Å²) in [7, 11) is 1.87. The van der Waals surface area contributed by atoms with Crippen molar-refractivity contribution in [1.29, 1.82) is 5.26 Å². The Bertz CT molecular complexity index is 1100. The standard InChI is InChI=1S/C21H22N6O2/c1-3-20(28)26-8-6-15(7-9-26)14-29-21-18(10-22)19-5-4-16(13-27(19)24-21)17-11-23-25(2)12-17/h3-5,11-13,15H,1,6-9,14H2,2H3. The van der Waals surface area contributed by atoms with Crippen LogP contribution in [0.25, 0.3) is 16.6 Å². The van der Waals surface area contributed by atoms with Gasteiger partial charge in [-0.25, -0.2) is 4.52 Å². The molecule has 0 aliphatic carbocycles. The van der Waals surface area contributed by atoms with Gasteiger partial charge in [-0.1, -0.05) is 12.6 Å². The summed E-state index contributed by atoms with van der Waals surface area (Å²) in [6, 6.07) is 6.04. The summed E-state index contributed by atoms with van der Waals surface area (Å²) >= 11 is 0. The highest BCUT2D eigenvalue weighted by atomic mass is 16.5. The molecular formula is C21H22N6O2. The summed E-state index contributed by atoms with van der Waals surface area (Å²) in [6.45, 7) is 5.41. The van der Waals surface area contributed by atoms with Gasteiger partial charge in [0.15, 0.2) is 0 Å². The van der Waals surface area contributed by atoms with Crippen molar-refractivity contribution in [3.63, 3.8) is 0 Å². The first kappa shape index (κ1) is 18.7. The minimum atomic E-state index is -0.0269. The van der Waals surface area contributed by atoms with E-state index in [1.807, 2.05) is 31.6 Å². The molecule has 0 bridgehead atoms. The third-order valence-corrected chi connectivity index (χ3v) is 5.30. The molecule has 0 atom stereocenters. The molecule has 0 N–H and O–H groups in total. The zero-order valence-electron chi connectivity index (χ0n) is 16.3. The first-order valence-corrected chi connectivity index (χ1v) is 9.54. The van der Waals surface area contributed by atoms with Gasteiger partial charge in [-0.05, 0) is 30.9 Å². The van der Waals surface area contributed by atoms with Crippen LogP contribution < -0.4 is 4.74 Å². The number of rotatable bonds is 5. The molecule has 29 heavy (non-hydrogen) atoms. The largest absolute Gasteiger partial charge is 0.475 e. The zero-order valence-corrected chi connectivity index (χ0v) is 16.3. The van der Waals surface area contributed by atoms with Crippen molar-refractivity contribution in [2.45, 2.75) is 12.8 Å². The van der Waals surface area contributed by atoms with E-state index in [0.29, 0.717) is 42.6 Å². The fraction of sp³-hybridized carbons (Fsp3) is 0.333. The van der Waals surface area contributed by atoms with Crippen LogP contribution in [0.2, 0.25) is 0 Å². The zero-order chi connectivity index (χ0) is 20.4. The highest BCUT2D eigenvalue weighted by Crippen LogP contribution is 2.27. The maximum absolute atomic E-state index is 11.7. The van der Waals surface area contributed by atoms with Crippen LogP contribution in [0.1, 0.15) is 18.4 Å². The van der Waals surface area contributed by atoms with Crippen molar-refractivity contribution >= 4 is 11.4 Å². The monoisotopic (exact) mass is 390 g/mol. The Kier molecular flexibility index (Phi) is 5.04. The number of fused-ring (bicyclic) bond motifs is 1. The molecule has 148 valence electrons. The maximum Gasteiger partial charge on any atom is 0.252 e. The lowest BCUT2D eigenvalue weighted by Gasteiger charge is -2.30. The van der Waals surface area contributed by atoms with Crippen LogP contribution in [-0.2, 0) is 11.8 Å². The maximum atomic E-state index is 11.7. The van der Waals surface area contributed by atoms with Gasteiger partial charge >= 0.3 is 0 Å². The molecule has 8 nitrogen and oxygen atoms in total. The predicted molar refractivity (Wildman–Crippen MR) is 107 cm³/mol. The molecule has 1 fully saturated rings. The van der Waals surface area contributed by atoms with Crippen molar-refractivity contribution in [3.8, 4) is 23.1 Å². The number of hydrogen-bond donors (Lipinski definition) is 0. The van der Waals surface area contributed by atoms with Crippen LogP contribution in [0.4, 0.5) is 0 Å². The number of aromatic nitrogens is 4. The van der Waals surface area contributed by atoms with E-state index in [9.17, 15) is 10.1 Å². The molecule has 3 aromatic rings. The van der Waals surface area contributed by atoms with E-state index in [4.69, 9.17) is 4.74 Å². The van der Waals surface area contributed by atoms with Crippen LogP contribution in [0.3, 0.4) is 0 Å². The van der Waals surface area contributed by atoms with Crippen LogP contribution in [0, 0.1) is 17.2 Å². The summed E-state index contributed by atoms with van der Waals surface area (Å²) in [6.07, 6.45) is 8.67. The first-order chi connectivity index (χ1) is 14.1. The quantitative estimate of drug-likeness (QED) is 0.624. The van der Waals surface area contributed by atoms with Gasteiger partial charge in [-0.3, -0.25) is 9.48 Å². The Balaban J connectivity index is 1.48. The molecule has 1 amide bonds. The van der Waals surface area contributed by atoms with Crippen molar-refractivity contribution in [3.05, 3.63) is 48.9 Å². The molecule has 4 rings (SSSR count). The van der Waals surface area contributed by atoms with Gasteiger partial charge in [0.25, 0.3) is 5.88 Å². The van der Waals surface area contributed by atoms with E-state index < -0.39 is 0 Å². The number of hydrogen-bond acceptors (Lipinski definition) is 5. The number of carbonyl (C=O) groups excluding carboxylic acids is 1. The van der Waals surface area contributed by atoms with E-state index in [-0.39, 0.29) is 5.91 Å². The molecule has 1 saturated heterocycles. The number of ether oxygens (including phenoxy) is 1. The molecule has 1 aliphatic rings. The van der Waals surface area contributed by atoms with E-state index in [1.165, 1.54) is 6.08 Å². The third kappa shape index (κ3) is 3.72. The summed E-state index contributed by atoms with van der Waals surface area (Å²) in [5.41, 5.74) is 3.08. The lowest BCUT2D eigenvalue weighted by atomic mass is 9.98. The second-order valence-electron chi connectivity index (χ2n) is 7.23. The Labute approximate surface area is 168 Å². The van der Waals surface area contributed by atoms with Gasteiger partial charge in [-0.2, -0.15) is 10.4 Å². The first-order valence-electron chi connectivity index (χ1n) is 9.54. The Morgan fingerprint density at radius 2 is 2.14 bits per heavy atom. The average Bonchev–Trinajstić information content (AvgIpc) is 3.34. The van der Waals surface area contributed by atoms with E-state index in [1.54, 1.807) is 20.3 Å².